The van der Waals surface area contributed by atoms with Gasteiger partial charge in [0.05, 0.1) is 12.8 Å². The second-order valence-corrected chi connectivity index (χ2v) is 6.34. The highest BCUT2D eigenvalue weighted by atomic mass is 16.5. The Morgan fingerprint density at radius 1 is 0.967 bits per heavy atom. The van der Waals surface area contributed by atoms with Crippen LogP contribution < -0.4 is 20.2 Å². The molecule has 0 fully saturated rings. The van der Waals surface area contributed by atoms with Gasteiger partial charge in [-0.15, -0.1) is 0 Å². The molecule has 7 nitrogen and oxygen atoms in total. The summed E-state index contributed by atoms with van der Waals surface area (Å²) >= 11 is 0. The summed E-state index contributed by atoms with van der Waals surface area (Å²) in [6, 6.07) is 19.6. The van der Waals surface area contributed by atoms with Crippen LogP contribution in [0.25, 0.3) is 10.8 Å². The first-order chi connectivity index (χ1) is 14.6. The highest BCUT2D eigenvalue weighted by Crippen LogP contribution is 2.29. The molecule has 3 rings (SSSR count). The summed E-state index contributed by atoms with van der Waals surface area (Å²) in [4.78, 5) is 22.6. The summed E-state index contributed by atoms with van der Waals surface area (Å²) in [7, 11) is 1.37. The monoisotopic (exact) mass is 405 g/mol. The summed E-state index contributed by atoms with van der Waals surface area (Å²) in [6.45, 7) is 2.76. The smallest absolute Gasteiger partial charge is 0.329 e. The van der Waals surface area contributed by atoms with Crippen LogP contribution in [0.5, 0.6) is 11.5 Å². The summed E-state index contributed by atoms with van der Waals surface area (Å²) < 4.78 is 11.7. The molecule has 3 aromatic carbocycles. The summed E-state index contributed by atoms with van der Waals surface area (Å²) in [5, 5.41) is 8.32. The van der Waals surface area contributed by atoms with Gasteiger partial charge in [0.1, 0.15) is 6.61 Å². The zero-order valence-electron chi connectivity index (χ0n) is 16.8. The third kappa shape index (κ3) is 5.14. The fraction of sp³-hybridized carbons (Fsp3) is 0.174. The Morgan fingerprint density at radius 3 is 2.57 bits per heavy atom. The van der Waals surface area contributed by atoms with Gasteiger partial charge < -0.3 is 14.8 Å². The van der Waals surface area contributed by atoms with Gasteiger partial charge in [0.25, 0.3) is 0 Å². The lowest BCUT2D eigenvalue weighted by atomic mass is 10.1. The molecular weight excluding hydrogens is 382 g/mol. The molecule has 0 aliphatic carbocycles. The molecule has 0 unspecified atom stereocenters. The molecular formula is C23H23N3O4. The van der Waals surface area contributed by atoms with Crippen LogP contribution in [0.15, 0.2) is 65.8 Å². The molecule has 0 saturated heterocycles. The van der Waals surface area contributed by atoms with Gasteiger partial charge in [-0.1, -0.05) is 42.5 Å². The van der Waals surface area contributed by atoms with Crippen LogP contribution in [0, 0.1) is 0 Å². The number of carbonyl (C=O) groups excluding carboxylic acids is 2. The quantitative estimate of drug-likeness (QED) is 0.359. The van der Waals surface area contributed by atoms with Gasteiger partial charge in [0.2, 0.25) is 0 Å². The molecule has 0 saturated carbocycles. The Hall–Kier alpha value is -3.87. The summed E-state index contributed by atoms with van der Waals surface area (Å²) in [5.74, 6) is -0.427. The van der Waals surface area contributed by atoms with E-state index in [4.69, 9.17) is 9.47 Å². The summed E-state index contributed by atoms with van der Waals surface area (Å²) in [6.07, 6.45) is 1.43. The average Bonchev–Trinajstić information content (AvgIpc) is 2.78. The molecule has 30 heavy (non-hydrogen) atoms. The maximum atomic E-state index is 11.4. The van der Waals surface area contributed by atoms with E-state index in [-0.39, 0.29) is 0 Å². The predicted octanol–water partition coefficient (Wildman–Crippen LogP) is 3.01. The number of hydrazone groups is 1. The van der Waals surface area contributed by atoms with Gasteiger partial charge in [-0.25, -0.2) is 5.43 Å². The first kappa shape index (κ1) is 20.9. The zero-order chi connectivity index (χ0) is 21.3. The Labute approximate surface area is 174 Å². The van der Waals surface area contributed by atoms with Crippen LogP contribution in [0.2, 0.25) is 0 Å². The number of amides is 2. The van der Waals surface area contributed by atoms with Crippen molar-refractivity contribution in [3.05, 3.63) is 71.8 Å². The third-order valence-corrected chi connectivity index (χ3v) is 4.34. The van der Waals surface area contributed by atoms with E-state index >= 15 is 0 Å². The van der Waals surface area contributed by atoms with Crippen LogP contribution in [-0.4, -0.2) is 31.7 Å². The van der Waals surface area contributed by atoms with Crippen molar-refractivity contribution in [3.8, 4) is 11.5 Å². The van der Waals surface area contributed by atoms with E-state index in [1.807, 2.05) is 31.2 Å². The van der Waals surface area contributed by atoms with Crippen LogP contribution in [0.3, 0.4) is 0 Å². The highest BCUT2D eigenvalue weighted by Gasteiger charge is 2.10. The molecule has 0 bridgehead atoms. The zero-order valence-corrected chi connectivity index (χ0v) is 16.8. The molecule has 2 N–H and O–H groups in total. The molecule has 0 aliphatic rings. The molecule has 0 radical (unpaired) electrons. The van der Waals surface area contributed by atoms with Crippen LogP contribution in [-0.2, 0) is 16.2 Å². The molecule has 2 amide bonds. The highest BCUT2D eigenvalue weighted by molar-refractivity contribution is 6.35. The van der Waals surface area contributed by atoms with E-state index in [2.05, 4.69) is 34.0 Å². The Balaban J connectivity index is 1.73. The number of likely N-dealkylation sites (N-methyl/N-ethyl adjacent to an activating group) is 1. The standard InChI is InChI=1S/C23H23N3O4/c1-3-29-21-13-16(14-25-26-23(28)22(27)24-2)11-12-20(21)30-15-18-9-6-8-17-7-4-5-10-19(17)18/h4-14H,3,15H2,1-2H3,(H,24,27)(H,26,28)/b25-14-. The van der Waals surface area contributed by atoms with Crippen molar-refractivity contribution in [2.45, 2.75) is 13.5 Å². The molecule has 0 atom stereocenters. The molecule has 154 valence electrons. The number of hydrogen-bond donors (Lipinski definition) is 2. The fourth-order valence-electron chi connectivity index (χ4n) is 2.90. The SMILES string of the molecule is CCOc1cc(/C=N\NC(=O)C(=O)NC)ccc1OCc1cccc2ccccc12. The maximum absolute atomic E-state index is 11.4. The molecule has 0 heterocycles. The Kier molecular flexibility index (Phi) is 7.00. The predicted molar refractivity (Wildman–Crippen MR) is 116 cm³/mol. The van der Waals surface area contributed by atoms with Crippen molar-refractivity contribution in [2.24, 2.45) is 5.10 Å². The van der Waals surface area contributed by atoms with Crippen LogP contribution >= 0.6 is 0 Å². The van der Waals surface area contributed by atoms with Crippen molar-refractivity contribution < 1.29 is 19.1 Å². The second-order valence-electron chi connectivity index (χ2n) is 6.34. The second kappa shape index (κ2) is 10.1. The number of hydrogen-bond acceptors (Lipinski definition) is 5. The molecule has 7 heteroatoms. The van der Waals surface area contributed by atoms with E-state index < -0.39 is 11.8 Å². The maximum Gasteiger partial charge on any atom is 0.329 e. The normalized spacial score (nSPS) is 10.7. The number of ether oxygens (including phenoxy) is 2. The Morgan fingerprint density at radius 2 is 1.77 bits per heavy atom. The lowest BCUT2D eigenvalue weighted by Gasteiger charge is -2.13. The van der Waals surface area contributed by atoms with Gasteiger partial charge in [-0.05, 0) is 47.0 Å². The van der Waals surface area contributed by atoms with E-state index in [0.29, 0.717) is 30.3 Å². The van der Waals surface area contributed by atoms with Crippen molar-refractivity contribution in [1.82, 2.24) is 10.7 Å². The largest absolute Gasteiger partial charge is 0.490 e. The minimum absolute atomic E-state index is 0.400. The lowest BCUT2D eigenvalue weighted by molar-refractivity contribution is -0.138. The number of nitrogens with one attached hydrogen (secondary N) is 2. The van der Waals surface area contributed by atoms with Crippen LogP contribution in [0.1, 0.15) is 18.1 Å². The van der Waals surface area contributed by atoms with E-state index in [1.165, 1.54) is 13.3 Å². The van der Waals surface area contributed by atoms with E-state index in [0.717, 1.165) is 16.3 Å². The van der Waals surface area contributed by atoms with E-state index in [9.17, 15) is 9.59 Å². The number of benzene rings is 3. The molecule has 3 aromatic rings. The molecule has 0 aromatic heterocycles. The van der Waals surface area contributed by atoms with E-state index in [1.54, 1.807) is 18.2 Å². The first-order valence-electron chi connectivity index (χ1n) is 9.53. The van der Waals surface area contributed by atoms with Crippen molar-refractivity contribution in [3.63, 3.8) is 0 Å². The number of nitrogens with zero attached hydrogens (tertiary/aromatic N) is 1. The van der Waals surface area contributed by atoms with Crippen molar-refractivity contribution in [2.75, 3.05) is 13.7 Å². The number of rotatable bonds is 7. The minimum Gasteiger partial charge on any atom is -0.490 e. The first-order valence-corrected chi connectivity index (χ1v) is 9.53. The molecule has 0 aliphatic heterocycles. The van der Waals surface area contributed by atoms with Gasteiger partial charge >= 0.3 is 11.8 Å². The fourth-order valence-corrected chi connectivity index (χ4v) is 2.90. The third-order valence-electron chi connectivity index (χ3n) is 4.34. The van der Waals surface area contributed by atoms with Gasteiger partial charge in [-0.2, -0.15) is 5.10 Å². The Bertz CT molecular complexity index is 1070. The number of carbonyl (C=O) groups is 2. The topological polar surface area (TPSA) is 89.0 Å². The summed E-state index contributed by atoms with van der Waals surface area (Å²) in [5.41, 5.74) is 3.93. The number of fused-ring (bicyclic) bond motifs is 1. The van der Waals surface area contributed by atoms with Crippen LogP contribution in [0.4, 0.5) is 0 Å². The van der Waals surface area contributed by atoms with Gasteiger partial charge in [0, 0.05) is 7.05 Å². The van der Waals surface area contributed by atoms with Crippen molar-refractivity contribution >= 4 is 28.8 Å². The minimum atomic E-state index is -0.839. The average molecular weight is 405 g/mol. The molecule has 0 spiro atoms. The van der Waals surface area contributed by atoms with Crippen molar-refractivity contribution in [1.29, 1.82) is 0 Å². The lowest BCUT2D eigenvalue weighted by Crippen LogP contribution is -2.35. The van der Waals surface area contributed by atoms with Gasteiger partial charge in [-0.3, -0.25) is 9.59 Å². The van der Waals surface area contributed by atoms with Gasteiger partial charge in [0.15, 0.2) is 11.5 Å².